The molecule has 2 heterocycles. The summed E-state index contributed by atoms with van der Waals surface area (Å²) >= 11 is 12.7. The molecule has 12 heteroatoms. The van der Waals surface area contributed by atoms with Crippen LogP contribution >= 0.6 is 23.2 Å². The van der Waals surface area contributed by atoms with Gasteiger partial charge in [-0.3, -0.25) is 9.88 Å². The zero-order chi connectivity index (χ0) is 33.0. The number of halogens is 4. The lowest BCUT2D eigenvalue weighted by atomic mass is 9.98. The molecule has 0 spiro atoms. The maximum atomic E-state index is 13.9. The first-order valence-electron chi connectivity index (χ1n) is 14.8. The van der Waals surface area contributed by atoms with Crippen molar-refractivity contribution in [2.24, 2.45) is 5.11 Å². The summed E-state index contributed by atoms with van der Waals surface area (Å²) in [4.78, 5) is 6.86. The lowest BCUT2D eigenvalue weighted by molar-refractivity contribution is 0.0988. The van der Waals surface area contributed by atoms with Crippen molar-refractivity contribution in [3.05, 3.63) is 105 Å². The molecule has 0 aliphatic carbocycles. The number of nitriles is 1. The summed E-state index contributed by atoms with van der Waals surface area (Å²) in [6, 6.07) is 15.3. The minimum absolute atomic E-state index is 0.0729. The van der Waals surface area contributed by atoms with Gasteiger partial charge in [0.1, 0.15) is 23.4 Å². The van der Waals surface area contributed by atoms with E-state index in [1.54, 1.807) is 30.5 Å². The van der Waals surface area contributed by atoms with Gasteiger partial charge in [0.15, 0.2) is 0 Å². The SMILES string of the molecule is CC(C)(C)N1CCC(N/C=C(\N=N)[C@@H](Nc2cc(Cl)c3ncc(C#N)c(Nc4ccc(F)c(Cl)c4)c3c2)c2ccc(F)cc2)CC1. The Hall–Kier alpha value is -4.30. The molecule has 4 aromatic rings. The number of nitrogens with one attached hydrogen (secondary N) is 4. The molecule has 1 saturated heterocycles. The molecule has 1 aliphatic rings. The van der Waals surface area contributed by atoms with Crippen molar-refractivity contribution in [1.29, 1.82) is 10.8 Å². The third kappa shape index (κ3) is 7.56. The van der Waals surface area contributed by atoms with E-state index in [9.17, 15) is 14.0 Å². The van der Waals surface area contributed by atoms with Gasteiger partial charge < -0.3 is 16.0 Å². The normalized spacial score (nSPS) is 15.3. The van der Waals surface area contributed by atoms with E-state index in [0.717, 1.165) is 25.9 Å². The average molecular weight is 664 g/mol. The highest BCUT2D eigenvalue weighted by atomic mass is 35.5. The first-order chi connectivity index (χ1) is 22.0. The van der Waals surface area contributed by atoms with E-state index in [-0.39, 0.29) is 28.0 Å². The summed E-state index contributed by atoms with van der Waals surface area (Å²) < 4.78 is 27.8. The highest BCUT2D eigenvalue weighted by Gasteiger charge is 2.27. The predicted octanol–water partition coefficient (Wildman–Crippen LogP) is 9.31. The van der Waals surface area contributed by atoms with Crippen molar-refractivity contribution in [2.75, 3.05) is 23.7 Å². The van der Waals surface area contributed by atoms with Crippen LogP contribution in [0.5, 0.6) is 0 Å². The van der Waals surface area contributed by atoms with Crippen molar-refractivity contribution in [2.45, 2.75) is 51.2 Å². The Morgan fingerprint density at radius 2 is 1.76 bits per heavy atom. The largest absolute Gasteiger partial charge is 0.386 e. The van der Waals surface area contributed by atoms with Crippen molar-refractivity contribution in [3.63, 3.8) is 0 Å². The second-order valence-electron chi connectivity index (χ2n) is 12.2. The quantitative estimate of drug-likeness (QED) is 0.133. The van der Waals surface area contributed by atoms with Crippen LogP contribution < -0.4 is 16.0 Å². The molecule has 1 atom stereocenters. The van der Waals surface area contributed by atoms with Crippen LogP contribution in [0.4, 0.5) is 25.8 Å². The summed E-state index contributed by atoms with van der Waals surface area (Å²) in [5.41, 5.74) is 11.3. The summed E-state index contributed by atoms with van der Waals surface area (Å²) in [5, 5.41) is 24.5. The molecule has 1 aliphatic heterocycles. The Bertz CT molecular complexity index is 1810. The number of likely N-dealkylation sites (tertiary alicyclic amines) is 1. The van der Waals surface area contributed by atoms with E-state index < -0.39 is 11.9 Å². The van der Waals surface area contributed by atoms with Crippen LogP contribution in [-0.4, -0.2) is 34.6 Å². The van der Waals surface area contributed by atoms with E-state index in [4.69, 9.17) is 28.7 Å². The maximum absolute atomic E-state index is 13.9. The first-order valence-corrected chi connectivity index (χ1v) is 15.6. The Morgan fingerprint density at radius 1 is 1.07 bits per heavy atom. The first kappa shape index (κ1) is 33.1. The van der Waals surface area contributed by atoms with Gasteiger partial charge in [-0.1, -0.05) is 35.3 Å². The summed E-state index contributed by atoms with van der Waals surface area (Å²) in [7, 11) is 0. The van der Waals surface area contributed by atoms with Crippen LogP contribution in [0.3, 0.4) is 0 Å². The molecule has 46 heavy (non-hydrogen) atoms. The van der Waals surface area contributed by atoms with E-state index in [0.29, 0.717) is 44.2 Å². The highest BCUT2D eigenvalue weighted by molar-refractivity contribution is 6.36. The Labute approximate surface area is 276 Å². The van der Waals surface area contributed by atoms with Crippen LogP contribution in [0.25, 0.3) is 10.9 Å². The summed E-state index contributed by atoms with van der Waals surface area (Å²) in [5.74, 6) is -0.956. The Morgan fingerprint density at radius 3 is 2.39 bits per heavy atom. The number of anilines is 3. The van der Waals surface area contributed by atoms with Crippen LogP contribution in [0.2, 0.25) is 10.0 Å². The fraction of sp³-hybridized carbons (Fsp3) is 0.294. The van der Waals surface area contributed by atoms with Crippen molar-refractivity contribution in [1.82, 2.24) is 15.2 Å². The van der Waals surface area contributed by atoms with Gasteiger partial charge in [0, 0.05) is 53.8 Å². The molecule has 1 fully saturated rings. The van der Waals surface area contributed by atoms with Gasteiger partial charge >= 0.3 is 0 Å². The molecule has 0 amide bonds. The van der Waals surface area contributed by atoms with E-state index in [1.165, 1.54) is 36.5 Å². The molecule has 0 radical (unpaired) electrons. The predicted molar refractivity (Wildman–Crippen MR) is 180 cm³/mol. The molecule has 8 nitrogen and oxygen atoms in total. The molecule has 3 aromatic carbocycles. The van der Waals surface area contributed by atoms with Gasteiger partial charge in [0.05, 0.1) is 32.9 Å². The van der Waals surface area contributed by atoms with Gasteiger partial charge in [-0.05, 0) is 81.6 Å². The number of pyridine rings is 1. The average Bonchev–Trinajstić information content (AvgIpc) is 3.03. The van der Waals surface area contributed by atoms with Gasteiger partial charge in [-0.2, -0.15) is 10.4 Å². The molecular weight excluding hydrogens is 629 g/mol. The molecule has 0 bridgehead atoms. The molecule has 0 unspecified atom stereocenters. The minimum Gasteiger partial charge on any atom is -0.386 e. The molecule has 5 rings (SSSR count). The molecule has 238 valence electrons. The monoisotopic (exact) mass is 662 g/mol. The van der Waals surface area contributed by atoms with E-state index >= 15 is 0 Å². The summed E-state index contributed by atoms with van der Waals surface area (Å²) in [6.07, 6.45) is 5.04. The van der Waals surface area contributed by atoms with Gasteiger partial charge in [0.2, 0.25) is 0 Å². The third-order valence-corrected chi connectivity index (χ3v) is 8.66. The number of fused-ring (bicyclic) bond motifs is 1. The van der Waals surface area contributed by atoms with Crippen LogP contribution in [-0.2, 0) is 0 Å². The highest BCUT2D eigenvalue weighted by Crippen LogP contribution is 2.37. The zero-order valence-electron chi connectivity index (χ0n) is 25.6. The number of hydrogen-bond donors (Lipinski definition) is 4. The second kappa shape index (κ2) is 14.0. The van der Waals surface area contributed by atoms with Gasteiger partial charge in [-0.25, -0.2) is 14.3 Å². The number of hydrogen-bond acceptors (Lipinski definition) is 8. The van der Waals surface area contributed by atoms with Gasteiger partial charge in [0.25, 0.3) is 0 Å². The Balaban J connectivity index is 1.50. The minimum atomic E-state index is -0.659. The second-order valence-corrected chi connectivity index (χ2v) is 13.0. The molecule has 0 saturated carbocycles. The topological polar surface area (TPSA) is 112 Å². The summed E-state index contributed by atoms with van der Waals surface area (Å²) in [6.45, 7) is 8.55. The van der Waals surface area contributed by atoms with Crippen molar-refractivity contribution < 1.29 is 8.78 Å². The zero-order valence-corrected chi connectivity index (χ0v) is 27.1. The fourth-order valence-electron chi connectivity index (χ4n) is 5.53. The number of benzene rings is 3. The number of nitrogens with zero attached hydrogens (tertiary/aromatic N) is 4. The fourth-order valence-corrected chi connectivity index (χ4v) is 5.98. The van der Waals surface area contributed by atoms with E-state index in [2.05, 4.69) is 57.8 Å². The smallest absolute Gasteiger partial charge is 0.141 e. The molecule has 1 aromatic heterocycles. The standard InChI is InChI=1S/C34H34Cl2F2N8/c1-34(2,3)46-12-10-23(11-13-46)41-19-30(45-40)32(20-4-6-22(37)7-5-20)44-25-14-26-31(43-24-8-9-29(38)27(35)15-24)21(17-39)18-42-33(26)28(36)16-25/h4-9,14-16,18-19,23,32,40-41,44H,10-13H2,1-3H3,(H,42,43)/b30-19-,45-40?/t32-/m0/s1. The lowest BCUT2D eigenvalue weighted by Crippen LogP contribution is -2.49. The van der Waals surface area contributed by atoms with Crippen molar-refractivity contribution >= 4 is 51.2 Å². The molecular formula is C34H34Cl2F2N8. The van der Waals surface area contributed by atoms with Crippen molar-refractivity contribution in [3.8, 4) is 6.07 Å². The lowest BCUT2D eigenvalue weighted by Gasteiger charge is -2.41. The Kier molecular flexibility index (Phi) is 10.1. The van der Waals surface area contributed by atoms with E-state index in [1.807, 2.05) is 0 Å². The maximum Gasteiger partial charge on any atom is 0.141 e. The number of aromatic nitrogens is 1. The number of rotatable bonds is 9. The third-order valence-electron chi connectivity index (χ3n) is 8.08. The number of piperidine rings is 1. The van der Waals surface area contributed by atoms with Crippen LogP contribution in [0, 0.1) is 28.5 Å². The van der Waals surface area contributed by atoms with Gasteiger partial charge in [-0.15, -0.1) is 0 Å². The molecule has 4 N–H and O–H groups in total. The van der Waals surface area contributed by atoms with Crippen LogP contribution in [0.15, 0.2) is 77.8 Å². The van der Waals surface area contributed by atoms with Crippen LogP contribution in [0.1, 0.15) is 50.8 Å².